The van der Waals surface area contributed by atoms with Gasteiger partial charge in [0.15, 0.2) is 0 Å². The number of benzene rings is 1. The summed E-state index contributed by atoms with van der Waals surface area (Å²) in [7, 11) is 0. The normalized spacial score (nSPS) is 12.8. The molecular formula is C12H8Br2ClFS. The molecule has 90 valence electrons. The molecule has 0 nitrogen and oxygen atoms in total. The number of hydrogen-bond acceptors (Lipinski definition) is 1. The standard InChI is InChI=1S/C12H8Br2ClFS/c1-6-4-7(2-3-9(6)16)11(15)10-5-8(13)12(14)17-10/h2-5,11H,1H3. The Morgan fingerprint density at radius 3 is 2.53 bits per heavy atom. The SMILES string of the molecule is Cc1cc(C(Cl)c2cc(Br)c(Br)s2)ccc1F. The molecule has 0 radical (unpaired) electrons. The molecule has 0 aliphatic heterocycles. The van der Waals surface area contributed by atoms with Crippen molar-refractivity contribution in [2.75, 3.05) is 0 Å². The van der Waals surface area contributed by atoms with Crippen LogP contribution in [0.1, 0.15) is 21.4 Å². The van der Waals surface area contributed by atoms with Crippen LogP contribution in [0.4, 0.5) is 4.39 Å². The Morgan fingerprint density at radius 1 is 1.29 bits per heavy atom. The van der Waals surface area contributed by atoms with Gasteiger partial charge in [-0.15, -0.1) is 22.9 Å². The van der Waals surface area contributed by atoms with Crippen LogP contribution in [0.15, 0.2) is 32.5 Å². The van der Waals surface area contributed by atoms with Crippen LogP contribution < -0.4 is 0 Å². The van der Waals surface area contributed by atoms with E-state index in [0.29, 0.717) is 5.56 Å². The molecule has 2 rings (SSSR count). The Morgan fingerprint density at radius 2 is 2.00 bits per heavy atom. The second kappa shape index (κ2) is 5.39. The first-order valence-electron chi connectivity index (χ1n) is 4.84. The van der Waals surface area contributed by atoms with Crippen molar-refractivity contribution in [2.24, 2.45) is 0 Å². The molecule has 0 amide bonds. The van der Waals surface area contributed by atoms with Crippen molar-refractivity contribution in [2.45, 2.75) is 12.3 Å². The Kier molecular flexibility index (Phi) is 4.29. The Balaban J connectivity index is 2.36. The van der Waals surface area contributed by atoms with Gasteiger partial charge in [-0.3, -0.25) is 0 Å². The molecule has 0 saturated carbocycles. The van der Waals surface area contributed by atoms with E-state index in [1.807, 2.05) is 6.07 Å². The Bertz CT molecular complexity index is 534. The number of halogens is 4. The third kappa shape index (κ3) is 2.92. The lowest BCUT2D eigenvalue weighted by Crippen LogP contribution is -1.92. The fourth-order valence-electron chi connectivity index (χ4n) is 1.48. The van der Waals surface area contributed by atoms with E-state index < -0.39 is 0 Å². The van der Waals surface area contributed by atoms with Crippen molar-refractivity contribution in [1.29, 1.82) is 0 Å². The molecule has 0 saturated heterocycles. The lowest BCUT2D eigenvalue weighted by molar-refractivity contribution is 0.617. The second-order valence-corrected chi connectivity index (χ2v) is 7.33. The van der Waals surface area contributed by atoms with Crippen LogP contribution in [-0.4, -0.2) is 0 Å². The Hall–Kier alpha value is 0.1000. The lowest BCUT2D eigenvalue weighted by atomic mass is 10.1. The maximum atomic E-state index is 13.2. The minimum atomic E-state index is -0.248. The molecule has 1 atom stereocenters. The van der Waals surface area contributed by atoms with Gasteiger partial charge >= 0.3 is 0 Å². The molecule has 0 aliphatic rings. The van der Waals surface area contributed by atoms with E-state index in [9.17, 15) is 4.39 Å². The minimum absolute atomic E-state index is 0.203. The lowest BCUT2D eigenvalue weighted by Gasteiger charge is -2.08. The molecule has 1 aromatic carbocycles. The van der Waals surface area contributed by atoms with Gasteiger partial charge in [-0.2, -0.15) is 0 Å². The van der Waals surface area contributed by atoms with Crippen LogP contribution in [0.25, 0.3) is 0 Å². The summed E-state index contributed by atoms with van der Waals surface area (Å²) in [4.78, 5) is 1.02. The highest BCUT2D eigenvalue weighted by atomic mass is 79.9. The van der Waals surface area contributed by atoms with Gasteiger partial charge in [0.05, 0.1) is 9.16 Å². The van der Waals surface area contributed by atoms with Gasteiger partial charge in [-0.05, 0) is 62.0 Å². The van der Waals surface area contributed by atoms with Crippen LogP contribution in [0, 0.1) is 12.7 Å². The molecular weight excluding hydrogens is 390 g/mol. The number of thiophene rings is 1. The average molecular weight is 399 g/mol. The average Bonchev–Trinajstić information content (AvgIpc) is 2.62. The van der Waals surface area contributed by atoms with Crippen molar-refractivity contribution in [3.05, 3.63) is 54.3 Å². The van der Waals surface area contributed by atoms with Crippen molar-refractivity contribution < 1.29 is 4.39 Å². The number of alkyl halides is 1. The van der Waals surface area contributed by atoms with Crippen molar-refractivity contribution in [1.82, 2.24) is 0 Å². The van der Waals surface area contributed by atoms with E-state index in [2.05, 4.69) is 31.9 Å². The first-order chi connectivity index (χ1) is 7.99. The van der Waals surface area contributed by atoms with Gasteiger partial charge in [-0.25, -0.2) is 4.39 Å². The maximum Gasteiger partial charge on any atom is 0.126 e. The summed E-state index contributed by atoms with van der Waals surface area (Å²) in [6, 6.07) is 6.94. The molecule has 2 aromatic rings. The molecule has 0 aliphatic carbocycles. The van der Waals surface area contributed by atoms with Crippen LogP contribution in [-0.2, 0) is 0 Å². The van der Waals surface area contributed by atoms with Gasteiger partial charge in [0, 0.05) is 9.35 Å². The highest BCUT2D eigenvalue weighted by Gasteiger charge is 2.16. The number of hydrogen-bond donors (Lipinski definition) is 0. The van der Waals surface area contributed by atoms with Crippen LogP contribution in [0.3, 0.4) is 0 Å². The highest BCUT2D eigenvalue weighted by Crippen LogP contribution is 2.40. The topological polar surface area (TPSA) is 0 Å². The van der Waals surface area contributed by atoms with Gasteiger partial charge in [0.1, 0.15) is 5.82 Å². The second-order valence-electron chi connectivity index (χ2n) is 3.64. The summed E-state index contributed by atoms with van der Waals surface area (Å²) in [5.74, 6) is -0.203. The van der Waals surface area contributed by atoms with Crippen LogP contribution in [0.2, 0.25) is 0 Å². The van der Waals surface area contributed by atoms with E-state index in [1.165, 1.54) is 6.07 Å². The van der Waals surface area contributed by atoms with E-state index in [4.69, 9.17) is 11.6 Å². The summed E-state index contributed by atoms with van der Waals surface area (Å²) >= 11 is 14.8. The van der Waals surface area contributed by atoms with Crippen LogP contribution in [0.5, 0.6) is 0 Å². The maximum absolute atomic E-state index is 13.2. The molecule has 0 N–H and O–H groups in total. The quantitative estimate of drug-likeness (QED) is 0.540. The molecule has 1 unspecified atom stereocenters. The first kappa shape index (κ1) is 13.5. The fourth-order valence-corrected chi connectivity index (χ4v) is 3.91. The smallest absolute Gasteiger partial charge is 0.126 e. The van der Waals surface area contributed by atoms with Gasteiger partial charge in [-0.1, -0.05) is 12.1 Å². The summed E-state index contributed by atoms with van der Waals surface area (Å²) in [6.45, 7) is 1.74. The highest BCUT2D eigenvalue weighted by molar-refractivity contribution is 9.13. The molecule has 17 heavy (non-hydrogen) atoms. The van der Waals surface area contributed by atoms with Gasteiger partial charge in [0.2, 0.25) is 0 Å². The minimum Gasteiger partial charge on any atom is -0.207 e. The number of aryl methyl sites for hydroxylation is 1. The van der Waals surface area contributed by atoms with Crippen molar-refractivity contribution >= 4 is 54.8 Å². The Labute approximate surface area is 125 Å². The first-order valence-corrected chi connectivity index (χ1v) is 7.68. The molecule has 0 fully saturated rings. The summed E-state index contributed by atoms with van der Waals surface area (Å²) in [6.07, 6.45) is 0. The molecule has 0 spiro atoms. The van der Waals surface area contributed by atoms with E-state index >= 15 is 0 Å². The van der Waals surface area contributed by atoms with Gasteiger partial charge < -0.3 is 0 Å². The van der Waals surface area contributed by atoms with E-state index in [-0.39, 0.29) is 11.2 Å². The number of rotatable bonds is 2. The third-order valence-corrected chi connectivity index (χ3v) is 6.33. The summed E-state index contributed by atoms with van der Waals surface area (Å²) < 4.78 is 15.2. The third-order valence-electron chi connectivity index (χ3n) is 2.39. The molecule has 0 bridgehead atoms. The molecule has 1 heterocycles. The zero-order chi connectivity index (χ0) is 12.6. The fraction of sp³-hybridized carbons (Fsp3) is 0.167. The molecule has 5 heteroatoms. The molecule has 1 aromatic heterocycles. The van der Waals surface area contributed by atoms with Crippen LogP contribution >= 0.6 is 54.8 Å². The largest absolute Gasteiger partial charge is 0.207 e. The monoisotopic (exact) mass is 396 g/mol. The predicted octanol–water partition coefficient (Wildman–Crippen LogP) is 6.05. The summed E-state index contributed by atoms with van der Waals surface area (Å²) in [5.41, 5.74) is 1.52. The predicted molar refractivity (Wildman–Crippen MR) is 78.6 cm³/mol. The zero-order valence-electron chi connectivity index (χ0n) is 8.81. The zero-order valence-corrected chi connectivity index (χ0v) is 13.6. The van der Waals surface area contributed by atoms with Crippen molar-refractivity contribution in [3.63, 3.8) is 0 Å². The summed E-state index contributed by atoms with van der Waals surface area (Å²) in [5, 5.41) is -0.248. The van der Waals surface area contributed by atoms with E-state index in [0.717, 1.165) is 18.7 Å². The van der Waals surface area contributed by atoms with E-state index in [1.54, 1.807) is 30.4 Å². The van der Waals surface area contributed by atoms with Crippen molar-refractivity contribution in [3.8, 4) is 0 Å². The van der Waals surface area contributed by atoms with Gasteiger partial charge in [0.25, 0.3) is 0 Å².